The summed E-state index contributed by atoms with van der Waals surface area (Å²) in [5.74, 6) is -1.95. The van der Waals surface area contributed by atoms with E-state index >= 15 is 0 Å². The number of benzene rings is 1. The fourth-order valence-corrected chi connectivity index (χ4v) is 1.59. The minimum Gasteiger partial charge on any atom is -0.478 e. The van der Waals surface area contributed by atoms with Crippen LogP contribution in [0.5, 0.6) is 0 Å². The van der Waals surface area contributed by atoms with Gasteiger partial charge in [0, 0.05) is 0 Å². The molecule has 1 atom stereocenters. The lowest BCUT2D eigenvalue weighted by Gasteiger charge is -2.13. The Morgan fingerprint density at radius 1 is 1.35 bits per heavy atom. The molecular formula is C12H14F2O3. The molecule has 0 bridgehead atoms. The van der Waals surface area contributed by atoms with E-state index in [-0.39, 0.29) is 17.5 Å². The van der Waals surface area contributed by atoms with E-state index in [9.17, 15) is 18.7 Å². The molecule has 0 radical (unpaired) electrons. The maximum atomic E-state index is 12.9. The Morgan fingerprint density at radius 3 is 2.65 bits per heavy atom. The zero-order chi connectivity index (χ0) is 12.8. The molecule has 94 valence electrons. The van der Waals surface area contributed by atoms with Crippen molar-refractivity contribution >= 4 is 5.97 Å². The van der Waals surface area contributed by atoms with E-state index in [0.717, 1.165) is 12.1 Å². The van der Waals surface area contributed by atoms with Crippen LogP contribution in [0.1, 0.15) is 41.3 Å². The number of carbonyl (C=O) groups is 1. The number of alkyl halides is 1. The van der Waals surface area contributed by atoms with Gasteiger partial charge < -0.3 is 10.2 Å². The topological polar surface area (TPSA) is 57.5 Å². The van der Waals surface area contributed by atoms with E-state index in [4.69, 9.17) is 5.11 Å². The molecule has 0 aliphatic rings. The second kappa shape index (κ2) is 6.30. The van der Waals surface area contributed by atoms with Crippen LogP contribution in [0, 0.1) is 5.82 Å². The first-order chi connectivity index (χ1) is 8.06. The van der Waals surface area contributed by atoms with Gasteiger partial charge >= 0.3 is 5.97 Å². The molecule has 0 heterocycles. The van der Waals surface area contributed by atoms with Crippen molar-refractivity contribution in [3.63, 3.8) is 0 Å². The molecule has 1 rings (SSSR count). The number of carboxylic acid groups (broad SMARTS) is 1. The summed E-state index contributed by atoms with van der Waals surface area (Å²) >= 11 is 0. The largest absolute Gasteiger partial charge is 0.478 e. The van der Waals surface area contributed by atoms with Crippen LogP contribution in [0.4, 0.5) is 8.78 Å². The molecule has 3 nitrogen and oxygen atoms in total. The van der Waals surface area contributed by atoms with Crippen molar-refractivity contribution in [2.24, 2.45) is 0 Å². The Morgan fingerprint density at radius 2 is 2.06 bits per heavy atom. The zero-order valence-electron chi connectivity index (χ0n) is 9.20. The third-order valence-electron chi connectivity index (χ3n) is 2.47. The first-order valence-corrected chi connectivity index (χ1v) is 5.33. The van der Waals surface area contributed by atoms with E-state index in [1.807, 2.05) is 0 Å². The summed E-state index contributed by atoms with van der Waals surface area (Å²) in [6.45, 7) is -0.470. The van der Waals surface area contributed by atoms with Crippen LogP contribution >= 0.6 is 0 Å². The van der Waals surface area contributed by atoms with E-state index in [0.29, 0.717) is 12.8 Å². The van der Waals surface area contributed by atoms with Crippen molar-refractivity contribution in [2.75, 3.05) is 6.67 Å². The summed E-state index contributed by atoms with van der Waals surface area (Å²) in [5.41, 5.74) is -0.0875. The molecule has 0 saturated carbocycles. The van der Waals surface area contributed by atoms with Gasteiger partial charge in [-0.3, -0.25) is 4.39 Å². The molecule has 0 spiro atoms. The molecule has 2 N–H and O–H groups in total. The highest BCUT2D eigenvalue weighted by molar-refractivity contribution is 5.89. The fourth-order valence-electron chi connectivity index (χ4n) is 1.59. The lowest BCUT2D eigenvalue weighted by molar-refractivity contribution is 0.0687. The summed E-state index contributed by atoms with van der Waals surface area (Å²) in [5, 5.41) is 18.6. The molecule has 0 fully saturated rings. The standard InChI is InChI=1S/C12H14F2O3/c13-6-2-1-3-11(15)9-5-4-8(14)7-10(9)12(16)17/h4-5,7,11,15H,1-3,6H2,(H,16,17). The Kier molecular flexibility index (Phi) is 5.03. The minimum atomic E-state index is -1.29. The lowest BCUT2D eigenvalue weighted by Crippen LogP contribution is -2.08. The number of hydrogen-bond donors (Lipinski definition) is 2. The quantitative estimate of drug-likeness (QED) is 0.756. The van der Waals surface area contributed by atoms with Crippen LogP contribution in [0.2, 0.25) is 0 Å². The third kappa shape index (κ3) is 3.78. The molecule has 1 aromatic carbocycles. The van der Waals surface area contributed by atoms with Gasteiger partial charge in [-0.15, -0.1) is 0 Å². The second-order valence-corrected chi connectivity index (χ2v) is 3.74. The van der Waals surface area contributed by atoms with Crippen molar-refractivity contribution in [3.05, 3.63) is 35.1 Å². The number of hydrogen-bond acceptors (Lipinski definition) is 2. The van der Waals surface area contributed by atoms with Crippen molar-refractivity contribution < 1.29 is 23.8 Å². The molecular weight excluding hydrogens is 230 g/mol. The fraction of sp³-hybridized carbons (Fsp3) is 0.417. The summed E-state index contributed by atoms with van der Waals surface area (Å²) in [6, 6.07) is 3.22. The molecule has 0 aliphatic heterocycles. The molecule has 0 saturated heterocycles. The summed E-state index contributed by atoms with van der Waals surface area (Å²) in [6.07, 6.45) is 0.0261. The maximum Gasteiger partial charge on any atom is 0.336 e. The average molecular weight is 244 g/mol. The van der Waals surface area contributed by atoms with Crippen LogP contribution in [-0.4, -0.2) is 22.9 Å². The Hall–Kier alpha value is -1.49. The van der Waals surface area contributed by atoms with Crippen LogP contribution < -0.4 is 0 Å². The van der Waals surface area contributed by atoms with Gasteiger partial charge in [0.25, 0.3) is 0 Å². The SMILES string of the molecule is O=C(O)c1cc(F)ccc1C(O)CCCCF. The third-order valence-corrected chi connectivity index (χ3v) is 2.47. The van der Waals surface area contributed by atoms with Crippen LogP contribution in [-0.2, 0) is 0 Å². The Balaban J connectivity index is 2.84. The van der Waals surface area contributed by atoms with Crippen LogP contribution in [0.25, 0.3) is 0 Å². The van der Waals surface area contributed by atoms with Gasteiger partial charge in [0.2, 0.25) is 0 Å². The maximum absolute atomic E-state index is 12.9. The van der Waals surface area contributed by atoms with E-state index < -0.39 is 24.6 Å². The van der Waals surface area contributed by atoms with Gasteiger partial charge in [-0.2, -0.15) is 0 Å². The van der Waals surface area contributed by atoms with Gasteiger partial charge in [-0.25, -0.2) is 9.18 Å². The number of rotatable bonds is 6. The minimum absolute atomic E-state index is 0.165. The molecule has 5 heteroatoms. The van der Waals surface area contributed by atoms with Crippen molar-refractivity contribution in [1.29, 1.82) is 0 Å². The molecule has 1 aromatic rings. The second-order valence-electron chi connectivity index (χ2n) is 3.74. The number of aromatic carboxylic acids is 1. The number of aliphatic hydroxyl groups is 1. The molecule has 17 heavy (non-hydrogen) atoms. The highest BCUT2D eigenvalue weighted by atomic mass is 19.1. The summed E-state index contributed by atoms with van der Waals surface area (Å²) < 4.78 is 24.8. The zero-order valence-corrected chi connectivity index (χ0v) is 9.20. The van der Waals surface area contributed by atoms with Gasteiger partial charge in [0.05, 0.1) is 18.3 Å². The van der Waals surface area contributed by atoms with Gasteiger partial charge in [0.1, 0.15) is 5.82 Å². The van der Waals surface area contributed by atoms with E-state index in [1.54, 1.807) is 0 Å². The highest BCUT2D eigenvalue weighted by Gasteiger charge is 2.17. The van der Waals surface area contributed by atoms with Crippen molar-refractivity contribution in [3.8, 4) is 0 Å². The Bertz CT molecular complexity index is 393. The number of halogens is 2. The predicted molar refractivity (Wildman–Crippen MR) is 58.1 cm³/mol. The normalized spacial score (nSPS) is 12.4. The van der Waals surface area contributed by atoms with Gasteiger partial charge in [0.15, 0.2) is 0 Å². The Labute approximate surface area is 97.7 Å². The first kappa shape index (κ1) is 13.6. The predicted octanol–water partition coefficient (Wildman–Crippen LogP) is 2.70. The average Bonchev–Trinajstić information content (AvgIpc) is 2.29. The molecule has 0 aromatic heterocycles. The first-order valence-electron chi connectivity index (χ1n) is 5.33. The van der Waals surface area contributed by atoms with Crippen molar-refractivity contribution in [2.45, 2.75) is 25.4 Å². The van der Waals surface area contributed by atoms with Gasteiger partial charge in [-0.05, 0) is 37.0 Å². The summed E-state index contributed by atoms with van der Waals surface area (Å²) in [7, 11) is 0. The monoisotopic (exact) mass is 244 g/mol. The smallest absolute Gasteiger partial charge is 0.336 e. The van der Waals surface area contributed by atoms with Gasteiger partial charge in [-0.1, -0.05) is 6.07 Å². The molecule has 0 aliphatic carbocycles. The van der Waals surface area contributed by atoms with Crippen molar-refractivity contribution in [1.82, 2.24) is 0 Å². The summed E-state index contributed by atoms with van der Waals surface area (Å²) in [4.78, 5) is 10.9. The van der Waals surface area contributed by atoms with Crippen LogP contribution in [0.3, 0.4) is 0 Å². The van der Waals surface area contributed by atoms with E-state index in [2.05, 4.69) is 0 Å². The molecule has 1 unspecified atom stereocenters. The lowest BCUT2D eigenvalue weighted by atomic mass is 9.98. The number of unbranched alkanes of at least 4 members (excludes halogenated alkanes) is 1. The van der Waals surface area contributed by atoms with E-state index in [1.165, 1.54) is 6.07 Å². The highest BCUT2D eigenvalue weighted by Crippen LogP contribution is 2.23. The number of carboxylic acids is 1. The van der Waals surface area contributed by atoms with Crippen LogP contribution in [0.15, 0.2) is 18.2 Å². The molecule has 0 amide bonds. The number of aliphatic hydroxyl groups excluding tert-OH is 1.